The van der Waals surface area contributed by atoms with Crippen molar-refractivity contribution in [1.82, 2.24) is 9.97 Å². The normalized spacial score (nSPS) is 11.6. The molecule has 0 aliphatic heterocycles. The van der Waals surface area contributed by atoms with Crippen molar-refractivity contribution >= 4 is 53.9 Å². The van der Waals surface area contributed by atoms with Crippen LogP contribution < -0.4 is 0 Å². The topological polar surface area (TPSA) is 25.8 Å². The van der Waals surface area contributed by atoms with E-state index in [4.69, 9.17) is 4.98 Å². The summed E-state index contributed by atoms with van der Waals surface area (Å²) in [4.78, 5) is 9.38. The molecule has 266 valence electrons. The minimum atomic E-state index is 0.864. The molecule has 0 aliphatic carbocycles. The lowest BCUT2D eigenvalue weighted by molar-refractivity contribution is 1.21. The molecule has 0 N–H and O–H groups in total. The van der Waals surface area contributed by atoms with Crippen molar-refractivity contribution in [2.75, 3.05) is 0 Å². The molecule has 11 rings (SSSR count). The van der Waals surface area contributed by atoms with Crippen molar-refractivity contribution in [3.63, 3.8) is 0 Å². The highest BCUT2D eigenvalue weighted by molar-refractivity contribution is 6.21. The molecule has 0 radical (unpaired) electrons. The van der Waals surface area contributed by atoms with Gasteiger partial charge in [0.1, 0.15) is 0 Å². The van der Waals surface area contributed by atoms with E-state index in [1.165, 1.54) is 92.8 Å². The van der Waals surface area contributed by atoms with Gasteiger partial charge in [0.05, 0.1) is 23.8 Å². The quantitative estimate of drug-likeness (QED) is 0.165. The largest absolute Gasteiger partial charge is 0.252 e. The van der Waals surface area contributed by atoms with Crippen LogP contribution in [0.5, 0.6) is 0 Å². The van der Waals surface area contributed by atoms with Crippen molar-refractivity contribution in [1.29, 1.82) is 0 Å². The monoisotopic (exact) mass is 724 g/mol. The highest BCUT2D eigenvalue weighted by atomic mass is 14.8. The molecule has 0 unspecified atom stereocenters. The smallest absolute Gasteiger partial charge is 0.0885 e. The van der Waals surface area contributed by atoms with Gasteiger partial charge in [0, 0.05) is 11.1 Å². The van der Waals surface area contributed by atoms with Gasteiger partial charge in [-0.2, -0.15) is 0 Å². The molecule has 0 spiro atoms. The van der Waals surface area contributed by atoms with Crippen LogP contribution in [0.25, 0.3) is 110 Å². The van der Waals surface area contributed by atoms with Crippen LogP contribution in [0, 0.1) is 6.92 Å². The molecule has 0 saturated heterocycles. The second-order valence-corrected chi connectivity index (χ2v) is 15.1. The Morgan fingerprint density at radius 2 is 0.754 bits per heavy atom. The molecule has 10 aromatic carbocycles. The van der Waals surface area contributed by atoms with E-state index in [1.54, 1.807) is 0 Å². The summed E-state index contributed by atoms with van der Waals surface area (Å²) in [6, 6.07) is 68.5. The summed E-state index contributed by atoms with van der Waals surface area (Å²) in [7, 11) is 0. The zero-order valence-electron chi connectivity index (χ0n) is 31.4. The number of rotatable bonds is 5. The van der Waals surface area contributed by atoms with E-state index >= 15 is 0 Å². The number of hydrogen-bond acceptors (Lipinski definition) is 2. The number of fused-ring (bicyclic) bond motifs is 7. The van der Waals surface area contributed by atoms with Crippen LogP contribution in [0.15, 0.2) is 200 Å². The highest BCUT2D eigenvalue weighted by Gasteiger charge is 2.15. The molecule has 0 aliphatic rings. The van der Waals surface area contributed by atoms with Gasteiger partial charge >= 0.3 is 0 Å². The van der Waals surface area contributed by atoms with E-state index in [2.05, 4.69) is 182 Å². The van der Waals surface area contributed by atoms with Crippen molar-refractivity contribution in [3.05, 3.63) is 206 Å². The van der Waals surface area contributed by atoms with Crippen LogP contribution in [-0.2, 0) is 0 Å². The van der Waals surface area contributed by atoms with Crippen molar-refractivity contribution in [2.24, 2.45) is 0 Å². The lowest BCUT2D eigenvalue weighted by atomic mass is 9.88. The minimum Gasteiger partial charge on any atom is -0.252 e. The Hall–Kier alpha value is -7.42. The van der Waals surface area contributed by atoms with Crippen molar-refractivity contribution in [2.45, 2.75) is 6.92 Å². The van der Waals surface area contributed by atoms with Gasteiger partial charge in [-0.25, -0.2) is 0 Å². The lowest BCUT2D eigenvalue weighted by Gasteiger charge is -2.16. The van der Waals surface area contributed by atoms with E-state index in [9.17, 15) is 0 Å². The van der Waals surface area contributed by atoms with Crippen LogP contribution in [0.1, 0.15) is 5.56 Å². The number of benzene rings is 10. The van der Waals surface area contributed by atoms with Crippen LogP contribution in [0.3, 0.4) is 0 Å². The summed E-state index contributed by atoms with van der Waals surface area (Å²) in [5, 5.41) is 12.7. The summed E-state index contributed by atoms with van der Waals surface area (Å²) in [5.41, 5.74) is 12.5. The fourth-order valence-electron chi connectivity index (χ4n) is 8.76. The fraction of sp³-hybridized carbons (Fsp3) is 0.0182. The van der Waals surface area contributed by atoms with Gasteiger partial charge in [0.2, 0.25) is 0 Å². The van der Waals surface area contributed by atoms with Gasteiger partial charge in [-0.15, -0.1) is 0 Å². The Kier molecular flexibility index (Phi) is 7.75. The zero-order chi connectivity index (χ0) is 37.9. The number of aromatic nitrogens is 2. The van der Waals surface area contributed by atoms with Crippen LogP contribution >= 0.6 is 0 Å². The molecule has 0 fully saturated rings. The molecular weight excluding hydrogens is 689 g/mol. The third kappa shape index (κ3) is 5.73. The summed E-state index contributed by atoms with van der Waals surface area (Å²) in [6.45, 7) is 2.23. The number of nitrogens with zero attached hydrogens (tertiary/aromatic N) is 2. The number of aryl methyl sites for hydroxylation is 1. The van der Waals surface area contributed by atoms with E-state index in [0.717, 1.165) is 22.5 Å². The van der Waals surface area contributed by atoms with E-state index in [1.807, 2.05) is 30.6 Å². The molecule has 2 heteroatoms. The highest BCUT2D eigenvalue weighted by Crippen LogP contribution is 2.42. The van der Waals surface area contributed by atoms with Gasteiger partial charge in [0.15, 0.2) is 0 Å². The third-order valence-electron chi connectivity index (χ3n) is 11.7. The second-order valence-electron chi connectivity index (χ2n) is 15.1. The molecule has 2 nitrogen and oxygen atoms in total. The molecule has 1 aromatic heterocycles. The van der Waals surface area contributed by atoms with Crippen LogP contribution in [-0.4, -0.2) is 9.97 Å². The summed E-state index contributed by atoms with van der Waals surface area (Å²) >= 11 is 0. The average Bonchev–Trinajstić information content (AvgIpc) is 3.28. The van der Waals surface area contributed by atoms with Crippen molar-refractivity contribution in [3.8, 4) is 55.9 Å². The molecule has 0 saturated carbocycles. The number of hydrogen-bond donors (Lipinski definition) is 0. The third-order valence-corrected chi connectivity index (χ3v) is 11.7. The maximum absolute atomic E-state index is 4.71. The Morgan fingerprint density at radius 1 is 0.298 bits per heavy atom. The molecule has 11 aromatic rings. The van der Waals surface area contributed by atoms with Gasteiger partial charge in [-0.05, 0) is 118 Å². The van der Waals surface area contributed by atoms with E-state index in [0.29, 0.717) is 0 Å². The first-order chi connectivity index (χ1) is 28.1. The zero-order valence-corrected chi connectivity index (χ0v) is 31.4. The molecule has 0 atom stereocenters. The van der Waals surface area contributed by atoms with Crippen LogP contribution in [0.4, 0.5) is 0 Å². The van der Waals surface area contributed by atoms with Gasteiger partial charge in [-0.1, -0.05) is 170 Å². The standard InChI is InChI=1S/C55H36N2/c1-35-8-5-11-39-20-21-41-13-7-15-50(55(41)53(35)39)49-14-6-12-40-22-27-47-32-46(28-29-48(47)54(40)49)45-26-25-43-30-42(23-24-44(43)31-45)36-16-18-38(19-17-36)52-34-56-51(33-57-52)37-9-3-2-4-10-37/h2-34H,1H3. The Balaban J connectivity index is 0.918. The van der Waals surface area contributed by atoms with E-state index in [-0.39, 0.29) is 0 Å². The predicted octanol–water partition coefficient (Wildman–Crippen LogP) is 14.9. The fourth-order valence-corrected chi connectivity index (χ4v) is 8.76. The first kappa shape index (κ1) is 33.0. The maximum Gasteiger partial charge on any atom is 0.0885 e. The van der Waals surface area contributed by atoms with Gasteiger partial charge in [0.25, 0.3) is 0 Å². The first-order valence-corrected chi connectivity index (χ1v) is 19.5. The summed E-state index contributed by atoms with van der Waals surface area (Å²) in [5.74, 6) is 0. The Bertz CT molecular complexity index is 3330. The second kappa shape index (κ2) is 13.4. The summed E-state index contributed by atoms with van der Waals surface area (Å²) in [6.07, 6.45) is 3.70. The van der Waals surface area contributed by atoms with Crippen LogP contribution in [0.2, 0.25) is 0 Å². The molecular formula is C55H36N2. The SMILES string of the molecule is Cc1cccc2ccc3cccc(-c4cccc5ccc6cc(-c7ccc8cc(-c9ccc(-c%10cnc(-c%11ccccc%11)cn%10)cc9)ccc8c7)ccc6c45)c3c12. The van der Waals surface area contributed by atoms with Gasteiger partial charge < -0.3 is 0 Å². The lowest BCUT2D eigenvalue weighted by Crippen LogP contribution is -1.89. The van der Waals surface area contributed by atoms with Crippen molar-refractivity contribution < 1.29 is 0 Å². The molecule has 0 amide bonds. The minimum absolute atomic E-state index is 0.864. The first-order valence-electron chi connectivity index (χ1n) is 19.5. The molecule has 1 heterocycles. The molecule has 57 heavy (non-hydrogen) atoms. The maximum atomic E-state index is 4.71. The molecule has 0 bridgehead atoms. The average molecular weight is 725 g/mol. The Morgan fingerprint density at radius 3 is 1.40 bits per heavy atom. The Labute approximate surface area is 331 Å². The predicted molar refractivity (Wildman–Crippen MR) is 241 cm³/mol. The van der Waals surface area contributed by atoms with E-state index < -0.39 is 0 Å². The van der Waals surface area contributed by atoms with Gasteiger partial charge in [-0.3, -0.25) is 9.97 Å². The summed E-state index contributed by atoms with van der Waals surface area (Å²) < 4.78 is 0.